The zero-order valence-corrected chi connectivity index (χ0v) is 11.0. The van der Waals surface area contributed by atoms with Crippen molar-refractivity contribution in [2.24, 2.45) is 0 Å². The van der Waals surface area contributed by atoms with Crippen LogP contribution in [0, 0.1) is 0 Å². The highest BCUT2D eigenvalue weighted by Crippen LogP contribution is 2.16. The Morgan fingerprint density at radius 3 is 2.84 bits per heavy atom. The largest absolute Gasteiger partial charge is 0.478 e. The second-order valence-corrected chi connectivity index (χ2v) is 4.57. The van der Waals surface area contributed by atoms with Gasteiger partial charge in [-0.25, -0.2) is 9.78 Å². The quantitative estimate of drug-likeness (QED) is 0.614. The lowest BCUT2D eigenvalue weighted by atomic mass is 10.1. The van der Waals surface area contributed by atoms with Gasteiger partial charge in [-0.2, -0.15) is 0 Å². The van der Waals surface area contributed by atoms with Crippen molar-refractivity contribution in [2.75, 3.05) is 0 Å². The molecule has 2 rings (SSSR count). The van der Waals surface area contributed by atoms with Gasteiger partial charge in [0.25, 0.3) is 0 Å². The van der Waals surface area contributed by atoms with Crippen LogP contribution < -0.4 is 0 Å². The van der Waals surface area contributed by atoms with E-state index in [2.05, 4.69) is 16.9 Å². The average molecular weight is 258 g/mol. The third-order valence-corrected chi connectivity index (χ3v) is 3.04. The van der Waals surface area contributed by atoms with Crippen molar-refractivity contribution < 1.29 is 9.90 Å². The van der Waals surface area contributed by atoms with E-state index in [9.17, 15) is 9.90 Å². The third-order valence-electron chi connectivity index (χ3n) is 3.04. The molecule has 19 heavy (non-hydrogen) atoms. The predicted molar refractivity (Wildman–Crippen MR) is 75.8 cm³/mol. The molecule has 0 fully saturated rings. The van der Waals surface area contributed by atoms with Crippen molar-refractivity contribution >= 4 is 23.1 Å². The number of H-pyrrole nitrogens is 1. The molecule has 0 saturated heterocycles. The minimum atomic E-state index is -0.864. The molecular formula is C15H18N2O2. The van der Waals surface area contributed by atoms with Crippen molar-refractivity contribution in [1.82, 2.24) is 9.97 Å². The van der Waals surface area contributed by atoms with Gasteiger partial charge in [0.15, 0.2) is 0 Å². The summed E-state index contributed by atoms with van der Waals surface area (Å²) >= 11 is 0. The molecule has 4 nitrogen and oxygen atoms in total. The van der Waals surface area contributed by atoms with E-state index in [1.807, 2.05) is 24.3 Å². The first kappa shape index (κ1) is 13.3. The summed E-state index contributed by atoms with van der Waals surface area (Å²) in [6, 6.07) is 7.67. The van der Waals surface area contributed by atoms with Gasteiger partial charge in [0.05, 0.1) is 11.0 Å². The number of benzene rings is 1. The Labute approximate surface area is 112 Å². The molecule has 1 heterocycles. The second-order valence-electron chi connectivity index (χ2n) is 4.57. The molecule has 100 valence electrons. The predicted octanol–water partition coefficient (Wildman–Crippen LogP) is 3.61. The second kappa shape index (κ2) is 6.18. The minimum Gasteiger partial charge on any atom is -0.478 e. The SMILES string of the molecule is CCCCCC(=Cc1nc2ccccc2[nH]1)C(=O)O. The molecule has 0 amide bonds. The molecule has 0 aliphatic carbocycles. The Balaban J connectivity index is 2.22. The highest BCUT2D eigenvalue weighted by molar-refractivity contribution is 5.92. The fraction of sp³-hybridized carbons (Fsp3) is 0.333. The number of carboxylic acid groups (broad SMARTS) is 1. The van der Waals surface area contributed by atoms with Gasteiger partial charge in [-0.15, -0.1) is 0 Å². The first-order chi connectivity index (χ1) is 9.20. The molecule has 2 aromatic rings. The van der Waals surface area contributed by atoms with Gasteiger partial charge in [0, 0.05) is 5.57 Å². The van der Waals surface area contributed by atoms with Crippen molar-refractivity contribution in [3.05, 3.63) is 35.7 Å². The Morgan fingerprint density at radius 1 is 1.37 bits per heavy atom. The van der Waals surface area contributed by atoms with Gasteiger partial charge in [-0.1, -0.05) is 31.9 Å². The van der Waals surface area contributed by atoms with Crippen LogP contribution in [0.1, 0.15) is 38.4 Å². The van der Waals surface area contributed by atoms with Gasteiger partial charge < -0.3 is 10.1 Å². The normalized spacial score (nSPS) is 11.9. The van der Waals surface area contributed by atoms with Crippen LogP contribution in [0.3, 0.4) is 0 Å². The van der Waals surface area contributed by atoms with Gasteiger partial charge in [0.2, 0.25) is 0 Å². The van der Waals surface area contributed by atoms with Crippen LogP contribution in [0.4, 0.5) is 0 Å². The highest BCUT2D eigenvalue weighted by Gasteiger charge is 2.08. The van der Waals surface area contributed by atoms with Crippen LogP contribution in [-0.2, 0) is 4.79 Å². The smallest absolute Gasteiger partial charge is 0.331 e. The fourth-order valence-electron chi connectivity index (χ4n) is 2.01. The summed E-state index contributed by atoms with van der Waals surface area (Å²) in [6.45, 7) is 2.10. The molecule has 4 heteroatoms. The number of unbranched alkanes of at least 4 members (excludes halogenated alkanes) is 2. The number of hydrogen-bond donors (Lipinski definition) is 2. The first-order valence-corrected chi connectivity index (χ1v) is 6.59. The van der Waals surface area contributed by atoms with Gasteiger partial charge in [0.1, 0.15) is 5.82 Å². The molecule has 1 aromatic carbocycles. The van der Waals surface area contributed by atoms with E-state index in [4.69, 9.17) is 0 Å². The van der Waals surface area contributed by atoms with Gasteiger partial charge >= 0.3 is 5.97 Å². The molecule has 0 unspecified atom stereocenters. The molecule has 0 saturated carbocycles. The van der Waals surface area contributed by atoms with E-state index in [-0.39, 0.29) is 0 Å². The molecule has 1 aromatic heterocycles. The number of carbonyl (C=O) groups is 1. The minimum absolute atomic E-state index is 0.410. The van der Waals surface area contributed by atoms with Crippen LogP contribution in [-0.4, -0.2) is 21.0 Å². The van der Waals surface area contributed by atoms with Gasteiger partial charge in [-0.3, -0.25) is 0 Å². The third kappa shape index (κ3) is 3.44. The number of carboxylic acids is 1. The Hall–Kier alpha value is -2.10. The summed E-state index contributed by atoms with van der Waals surface area (Å²) in [5, 5.41) is 9.20. The number of aromatic nitrogens is 2. The van der Waals surface area contributed by atoms with Crippen molar-refractivity contribution in [1.29, 1.82) is 0 Å². The number of hydrogen-bond acceptors (Lipinski definition) is 2. The number of fused-ring (bicyclic) bond motifs is 1. The number of imidazole rings is 1. The average Bonchev–Trinajstić information content (AvgIpc) is 2.80. The summed E-state index contributed by atoms with van der Waals surface area (Å²) in [5.74, 6) is -0.258. The maximum atomic E-state index is 11.2. The molecule has 2 N–H and O–H groups in total. The van der Waals surface area contributed by atoms with Crippen molar-refractivity contribution in [3.8, 4) is 0 Å². The summed E-state index contributed by atoms with van der Waals surface area (Å²) in [6.07, 6.45) is 5.25. The van der Waals surface area contributed by atoms with E-state index >= 15 is 0 Å². The maximum absolute atomic E-state index is 11.2. The number of rotatable bonds is 6. The zero-order chi connectivity index (χ0) is 13.7. The van der Waals surface area contributed by atoms with E-state index in [1.165, 1.54) is 0 Å². The topological polar surface area (TPSA) is 66.0 Å². The molecule has 0 bridgehead atoms. The first-order valence-electron chi connectivity index (χ1n) is 6.59. The maximum Gasteiger partial charge on any atom is 0.331 e. The van der Waals surface area contributed by atoms with Gasteiger partial charge in [-0.05, 0) is 31.1 Å². The van der Waals surface area contributed by atoms with Crippen molar-refractivity contribution in [3.63, 3.8) is 0 Å². The summed E-state index contributed by atoms with van der Waals surface area (Å²) < 4.78 is 0. The Kier molecular flexibility index (Phi) is 4.34. The van der Waals surface area contributed by atoms with E-state index in [0.29, 0.717) is 17.8 Å². The zero-order valence-electron chi connectivity index (χ0n) is 11.0. The standard InChI is InChI=1S/C15H18N2O2/c1-2-3-4-7-11(15(18)19)10-14-16-12-8-5-6-9-13(12)17-14/h5-6,8-10H,2-4,7H2,1H3,(H,16,17)(H,18,19). The van der Waals surface area contributed by atoms with Crippen LogP contribution in [0.2, 0.25) is 0 Å². The fourth-order valence-corrected chi connectivity index (χ4v) is 2.01. The molecule has 0 radical (unpaired) electrons. The highest BCUT2D eigenvalue weighted by atomic mass is 16.4. The van der Waals surface area contributed by atoms with E-state index < -0.39 is 5.97 Å². The van der Waals surface area contributed by atoms with Crippen LogP contribution >= 0.6 is 0 Å². The Bertz CT molecular complexity index is 566. The monoisotopic (exact) mass is 258 g/mol. The van der Waals surface area contributed by atoms with Crippen LogP contribution in [0.25, 0.3) is 17.1 Å². The molecular weight excluding hydrogens is 240 g/mol. The van der Waals surface area contributed by atoms with Crippen LogP contribution in [0.5, 0.6) is 0 Å². The number of nitrogens with zero attached hydrogens (tertiary/aromatic N) is 1. The molecule has 0 aliphatic rings. The number of aliphatic carboxylic acids is 1. The van der Waals surface area contributed by atoms with E-state index in [1.54, 1.807) is 6.08 Å². The number of nitrogens with one attached hydrogen (secondary N) is 1. The number of para-hydroxylation sites is 2. The Morgan fingerprint density at radius 2 is 2.16 bits per heavy atom. The lowest BCUT2D eigenvalue weighted by Crippen LogP contribution is -2.00. The summed E-state index contributed by atoms with van der Waals surface area (Å²) in [4.78, 5) is 18.7. The lowest BCUT2D eigenvalue weighted by molar-refractivity contribution is -0.132. The summed E-state index contributed by atoms with van der Waals surface area (Å²) in [7, 11) is 0. The number of aromatic amines is 1. The van der Waals surface area contributed by atoms with E-state index in [0.717, 1.165) is 30.3 Å². The molecule has 0 aliphatic heterocycles. The molecule has 0 atom stereocenters. The summed E-state index contributed by atoms with van der Waals surface area (Å²) in [5.41, 5.74) is 2.19. The van der Waals surface area contributed by atoms with Crippen molar-refractivity contribution in [2.45, 2.75) is 32.6 Å². The lowest BCUT2D eigenvalue weighted by Gasteiger charge is -2.00. The molecule has 0 spiro atoms. The van der Waals surface area contributed by atoms with Crippen LogP contribution in [0.15, 0.2) is 29.8 Å².